The second kappa shape index (κ2) is 11.7. The number of anilines is 1. The van der Waals surface area contributed by atoms with Crippen LogP contribution in [0.4, 0.5) is 5.69 Å². The molecule has 1 atom stereocenters. The number of carbonyl (C=O) groups excluding carboxylic acids is 1. The smallest absolute Gasteiger partial charge is 0.237 e. The molecule has 0 aliphatic carbocycles. The second-order valence-corrected chi connectivity index (χ2v) is 11.0. The maximum atomic E-state index is 13.5. The van der Waals surface area contributed by atoms with E-state index in [9.17, 15) is 9.90 Å². The molecule has 2 N–H and O–H groups in total. The van der Waals surface area contributed by atoms with Crippen LogP contribution in [0.3, 0.4) is 0 Å². The van der Waals surface area contributed by atoms with Crippen LogP contribution in [0.1, 0.15) is 46.9 Å². The van der Waals surface area contributed by atoms with Crippen LogP contribution in [0.2, 0.25) is 0 Å². The van der Waals surface area contributed by atoms with Gasteiger partial charge in [-0.1, -0.05) is 30.8 Å². The number of aliphatic hydroxyl groups excluding tert-OH is 1. The van der Waals surface area contributed by atoms with E-state index >= 15 is 0 Å². The van der Waals surface area contributed by atoms with Gasteiger partial charge >= 0.3 is 0 Å². The molecule has 0 saturated heterocycles. The molecule has 5 rings (SSSR count). The number of fused-ring (bicyclic) bond motifs is 2. The molecular weight excluding hydrogens is 524 g/mol. The summed E-state index contributed by atoms with van der Waals surface area (Å²) in [4.78, 5) is 27.6. The van der Waals surface area contributed by atoms with Crippen LogP contribution in [0.15, 0.2) is 53.7 Å². The Morgan fingerprint density at radius 2 is 1.90 bits per heavy atom. The van der Waals surface area contributed by atoms with Crippen molar-refractivity contribution in [1.82, 2.24) is 15.0 Å². The first-order valence-electron chi connectivity index (χ1n) is 13.2. The highest BCUT2D eigenvalue weighted by Crippen LogP contribution is 2.43. The van der Waals surface area contributed by atoms with E-state index in [1.165, 1.54) is 11.8 Å². The van der Waals surface area contributed by atoms with E-state index in [1.807, 2.05) is 70.2 Å². The van der Waals surface area contributed by atoms with Crippen LogP contribution in [0, 0.1) is 20.8 Å². The zero-order valence-corrected chi connectivity index (χ0v) is 24.1. The number of thioether (sulfide) groups is 1. The molecule has 1 aliphatic rings. The summed E-state index contributed by atoms with van der Waals surface area (Å²) in [6.45, 7) is 7.69. The zero-order chi connectivity index (χ0) is 28.4. The van der Waals surface area contributed by atoms with Gasteiger partial charge in [-0.15, -0.1) is 0 Å². The molecule has 2 aromatic heterocycles. The Labute approximate surface area is 238 Å². The summed E-state index contributed by atoms with van der Waals surface area (Å²) in [7, 11) is 1.62. The molecule has 4 aromatic rings. The number of methoxy groups -OCH3 is 1. The van der Waals surface area contributed by atoms with Crippen LogP contribution in [0.5, 0.6) is 17.4 Å². The molecule has 1 aliphatic heterocycles. The number of aryl methyl sites for hydroxylation is 3. The van der Waals surface area contributed by atoms with Crippen molar-refractivity contribution in [3.63, 3.8) is 0 Å². The number of pyridine rings is 1. The average molecular weight is 557 g/mol. The lowest BCUT2D eigenvalue weighted by Crippen LogP contribution is -2.25. The van der Waals surface area contributed by atoms with Crippen LogP contribution < -0.4 is 14.8 Å². The van der Waals surface area contributed by atoms with Crippen molar-refractivity contribution in [2.45, 2.75) is 57.4 Å². The van der Waals surface area contributed by atoms with Crippen LogP contribution >= 0.6 is 11.8 Å². The number of hydrogen-bond donors (Lipinski definition) is 2. The number of hydrogen-bond acceptors (Lipinski definition) is 8. The molecule has 1 unspecified atom stereocenters. The lowest BCUT2D eigenvalue weighted by Gasteiger charge is -2.25. The Kier molecular flexibility index (Phi) is 8.04. The van der Waals surface area contributed by atoms with Crippen LogP contribution in [-0.4, -0.2) is 38.3 Å². The number of ether oxygens (including phenoxy) is 2. The molecule has 3 heterocycles. The number of benzene rings is 2. The minimum atomic E-state index is -0.402. The monoisotopic (exact) mass is 556 g/mol. The van der Waals surface area contributed by atoms with E-state index < -0.39 is 5.25 Å². The van der Waals surface area contributed by atoms with Gasteiger partial charge in [0.1, 0.15) is 10.8 Å². The fourth-order valence-corrected chi connectivity index (χ4v) is 5.64. The van der Waals surface area contributed by atoms with E-state index in [0.717, 1.165) is 44.9 Å². The van der Waals surface area contributed by atoms with Gasteiger partial charge in [0.2, 0.25) is 11.8 Å². The third-order valence-corrected chi connectivity index (χ3v) is 8.37. The molecule has 0 radical (unpaired) electrons. The van der Waals surface area contributed by atoms with Gasteiger partial charge in [0.15, 0.2) is 11.6 Å². The van der Waals surface area contributed by atoms with Gasteiger partial charge in [0.25, 0.3) is 0 Å². The zero-order valence-electron chi connectivity index (χ0n) is 23.2. The van der Waals surface area contributed by atoms with Crippen LogP contribution in [0.25, 0.3) is 11.4 Å². The molecular formula is C31H32N4O4S. The van der Waals surface area contributed by atoms with Gasteiger partial charge in [-0.05, 0) is 68.7 Å². The van der Waals surface area contributed by atoms with Gasteiger partial charge in [-0.3, -0.25) is 9.78 Å². The first-order chi connectivity index (χ1) is 19.3. The predicted octanol–water partition coefficient (Wildman–Crippen LogP) is 6.17. The molecule has 8 nitrogen and oxygen atoms in total. The second-order valence-electron chi connectivity index (χ2n) is 9.80. The van der Waals surface area contributed by atoms with E-state index in [2.05, 4.69) is 10.3 Å². The topological polar surface area (TPSA) is 106 Å². The number of rotatable bonds is 8. The average Bonchev–Trinajstić information content (AvgIpc) is 2.97. The van der Waals surface area contributed by atoms with Crippen molar-refractivity contribution < 1.29 is 19.4 Å². The Balaban J connectivity index is 1.55. The Morgan fingerprint density at radius 3 is 2.60 bits per heavy atom. The molecule has 0 fully saturated rings. The summed E-state index contributed by atoms with van der Waals surface area (Å²) >= 11 is 1.40. The SMILES string of the molecule is CCC(Sc1nc(-c2ccc(OC)cc2)nc2c1Cc1c(CO)cnc(C)c1O2)C(=O)Nc1cc(C)ccc1C. The van der Waals surface area contributed by atoms with Gasteiger partial charge in [-0.25, -0.2) is 4.98 Å². The van der Waals surface area contributed by atoms with E-state index in [-0.39, 0.29) is 12.5 Å². The molecule has 0 bridgehead atoms. The number of amides is 1. The van der Waals surface area contributed by atoms with Gasteiger partial charge in [-0.2, -0.15) is 4.98 Å². The molecule has 40 heavy (non-hydrogen) atoms. The van der Waals surface area contributed by atoms with Gasteiger partial charge < -0.3 is 19.9 Å². The van der Waals surface area contributed by atoms with Crippen molar-refractivity contribution in [1.29, 1.82) is 0 Å². The summed E-state index contributed by atoms with van der Waals surface area (Å²) in [5, 5.41) is 13.4. The van der Waals surface area contributed by atoms with Crippen molar-refractivity contribution in [2.75, 3.05) is 12.4 Å². The number of aromatic nitrogens is 3. The van der Waals surface area contributed by atoms with Gasteiger partial charge in [0.05, 0.1) is 30.2 Å². The lowest BCUT2D eigenvalue weighted by molar-refractivity contribution is -0.115. The highest BCUT2D eigenvalue weighted by Gasteiger charge is 2.30. The minimum absolute atomic E-state index is 0.0900. The highest BCUT2D eigenvalue weighted by atomic mass is 32.2. The molecule has 0 spiro atoms. The van der Waals surface area contributed by atoms with Crippen molar-refractivity contribution in [3.8, 4) is 28.8 Å². The number of aliphatic hydroxyl groups is 1. The Hall–Kier alpha value is -3.95. The van der Waals surface area contributed by atoms with Crippen molar-refractivity contribution >= 4 is 23.4 Å². The summed E-state index contributed by atoms with van der Waals surface area (Å²) in [6, 6.07) is 13.5. The number of nitrogens with one attached hydrogen (secondary N) is 1. The fraction of sp³-hybridized carbons (Fsp3) is 0.290. The lowest BCUT2D eigenvalue weighted by atomic mass is 9.99. The number of nitrogens with zero attached hydrogens (tertiary/aromatic N) is 3. The van der Waals surface area contributed by atoms with Crippen molar-refractivity contribution in [3.05, 3.63) is 82.2 Å². The highest BCUT2D eigenvalue weighted by molar-refractivity contribution is 8.00. The third-order valence-electron chi connectivity index (χ3n) is 6.97. The summed E-state index contributed by atoms with van der Waals surface area (Å²) in [6.07, 6.45) is 2.74. The van der Waals surface area contributed by atoms with E-state index in [0.29, 0.717) is 40.9 Å². The molecule has 206 valence electrons. The quantitative estimate of drug-likeness (QED) is 0.173. The molecule has 9 heteroatoms. The normalized spacial score (nSPS) is 12.7. The Morgan fingerprint density at radius 1 is 1.12 bits per heavy atom. The summed E-state index contributed by atoms with van der Waals surface area (Å²) in [5.74, 6) is 2.16. The van der Waals surface area contributed by atoms with Gasteiger partial charge in [0, 0.05) is 35.0 Å². The molecule has 1 amide bonds. The summed E-state index contributed by atoms with van der Waals surface area (Å²) < 4.78 is 11.6. The maximum absolute atomic E-state index is 13.5. The third kappa shape index (κ3) is 5.52. The Bertz CT molecular complexity index is 1570. The molecule has 0 saturated carbocycles. The number of carbonyl (C=O) groups is 1. The minimum Gasteiger partial charge on any atom is -0.497 e. The van der Waals surface area contributed by atoms with Crippen molar-refractivity contribution in [2.24, 2.45) is 0 Å². The van der Waals surface area contributed by atoms with Crippen LogP contribution in [-0.2, 0) is 17.8 Å². The summed E-state index contributed by atoms with van der Waals surface area (Å²) in [5.41, 5.74) is 6.75. The largest absolute Gasteiger partial charge is 0.497 e. The predicted molar refractivity (Wildman–Crippen MR) is 156 cm³/mol. The standard InChI is InChI=1S/C31H32N4O4S/c1-6-26(29(37)33-25-13-17(2)7-8-18(25)3)40-31-24-14-23-21(16-36)15-32-19(4)27(23)39-30(24)34-28(35-31)20-9-11-22(38-5)12-10-20/h7-13,15,26,36H,6,14,16H2,1-5H3,(H,33,37). The van der Waals surface area contributed by atoms with E-state index in [4.69, 9.17) is 19.4 Å². The van der Waals surface area contributed by atoms with E-state index in [1.54, 1.807) is 13.3 Å². The maximum Gasteiger partial charge on any atom is 0.237 e. The first-order valence-corrected chi connectivity index (χ1v) is 14.0. The fourth-order valence-electron chi connectivity index (χ4n) is 4.60. The first kappa shape index (κ1) is 27.6. The molecule has 2 aromatic carbocycles.